The maximum Gasteiger partial charge on any atom is 0.528 e. The van der Waals surface area contributed by atoms with Crippen molar-refractivity contribution in [2.75, 3.05) is 52.3 Å². The molecule has 0 unspecified atom stereocenters. The Morgan fingerprint density at radius 1 is 1.16 bits per heavy atom. The Bertz CT molecular complexity index is 890. The molecule has 9 heteroatoms. The van der Waals surface area contributed by atoms with E-state index in [-0.39, 0.29) is 12.5 Å². The van der Waals surface area contributed by atoms with Gasteiger partial charge in [0.25, 0.3) is 10.7 Å². The molecule has 0 radical (unpaired) electrons. The zero-order chi connectivity index (χ0) is 18.1. The van der Waals surface area contributed by atoms with Crippen molar-refractivity contribution in [1.29, 1.82) is 0 Å². The van der Waals surface area contributed by atoms with Gasteiger partial charge in [0.1, 0.15) is 14.1 Å². The minimum absolute atomic E-state index is 0.196. The summed E-state index contributed by atoms with van der Waals surface area (Å²) in [7, 11) is 3.03. The third kappa shape index (κ3) is 3.46. The summed E-state index contributed by atoms with van der Waals surface area (Å²) in [5.74, 6) is -1.46. The lowest BCUT2D eigenvalue weighted by atomic mass is 10.2. The first-order valence-electron chi connectivity index (χ1n) is 7.87. The van der Waals surface area contributed by atoms with Crippen LogP contribution in [0.15, 0.2) is 12.1 Å². The van der Waals surface area contributed by atoms with Crippen LogP contribution in [-0.2, 0) is 19.1 Å². The van der Waals surface area contributed by atoms with Crippen LogP contribution in [0, 0.1) is 0 Å². The molecule has 3 rings (SSSR count). The van der Waals surface area contributed by atoms with E-state index in [2.05, 4.69) is 5.32 Å². The van der Waals surface area contributed by atoms with E-state index >= 15 is 0 Å². The van der Waals surface area contributed by atoms with Gasteiger partial charge in [-0.15, -0.1) is 9.15 Å². The number of nitrogens with one attached hydrogen (secondary N) is 1. The molecule has 0 spiro atoms. The molecule has 0 saturated carbocycles. The molecule has 0 atom stereocenters. The lowest BCUT2D eigenvalue weighted by molar-refractivity contribution is -0.141. The number of halogens is 1. The lowest BCUT2D eigenvalue weighted by Crippen LogP contribution is -2.58. The van der Waals surface area contributed by atoms with Crippen LogP contribution in [-0.4, -0.2) is 69.6 Å². The molecule has 0 aliphatic carbocycles. The highest BCUT2D eigenvalue weighted by Crippen LogP contribution is 2.17. The molecule has 2 heterocycles. The quantitative estimate of drug-likeness (QED) is 0.490. The summed E-state index contributed by atoms with van der Waals surface area (Å²) in [4.78, 5) is 38.1. The summed E-state index contributed by atoms with van der Waals surface area (Å²) in [5, 5.41) is 4.11. The highest BCUT2D eigenvalue weighted by atomic mass is 35.5. The van der Waals surface area contributed by atoms with Crippen LogP contribution in [0.25, 0.3) is 0 Å². The topological polar surface area (TPSA) is 81.7 Å². The van der Waals surface area contributed by atoms with Crippen LogP contribution in [0.2, 0.25) is 5.02 Å². The second-order valence-electron chi connectivity index (χ2n) is 5.99. The van der Waals surface area contributed by atoms with E-state index < -0.39 is 11.8 Å². The summed E-state index contributed by atoms with van der Waals surface area (Å²) in [6.07, 6.45) is 0. The monoisotopic (exact) mass is 366 g/mol. The average molecular weight is 367 g/mol. The van der Waals surface area contributed by atoms with Gasteiger partial charge in [0, 0.05) is 25.2 Å². The van der Waals surface area contributed by atoms with Crippen LogP contribution >= 0.6 is 11.6 Å². The van der Waals surface area contributed by atoms with Gasteiger partial charge >= 0.3 is 11.8 Å². The van der Waals surface area contributed by atoms with Crippen molar-refractivity contribution in [3.63, 3.8) is 0 Å². The summed E-state index contributed by atoms with van der Waals surface area (Å²) in [6.45, 7) is 2.87. The van der Waals surface area contributed by atoms with Crippen molar-refractivity contribution in [1.82, 2.24) is 14.1 Å². The zero-order valence-corrected chi connectivity index (χ0v) is 14.8. The number of hydrogen-bond donors (Lipinski definition) is 1. The molecule has 1 N–H and O–H groups in total. The van der Waals surface area contributed by atoms with Crippen molar-refractivity contribution < 1.29 is 19.1 Å². The highest BCUT2D eigenvalue weighted by molar-refractivity contribution is 6.36. The van der Waals surface area contributed by atoms with Crippen molar-refractivity contribution >= 4 is 35.0 Å². The number of rotatable bonds is 3. The van der Waals surface area contributed by atoms with E-state index in [1.165, 1.54) is 23.2 Å². The maximum atomic E-state index is 12.3. The largest absolute Gasteiger partial charge is 0.528 e. The number of fused-ring (bicyclic) bond motifs is 1. The fourth-order valence-electron chi connectivity index (χ4n) is 2.84. The molecule has 1 aromatic rings. The number of ether oxygens (including phenoxy) is 1. The van der Waals surface area contributed by atoms with Gasteiger partial charge in [-0.1, -0.05) is 11.6 Å². The summed E-state index contributed by atoms with van der Waals surface area (Å²) in [5.41, 5.74) is 0.404. The van der Waals surface area contributed by atoms with Gasteiger partial charge in [-0.3, -0.25) is 9.69 Å². The molecular weight excluding hydrogens is 348 g/mol. The van der Waals surface area contributed by atoms with Gasteiger partial charge in [0.05, 0.1) is 30.5 Å². The van der Waals surface area contributed by atoms with Crippen molar-refractivity contribution in [3.8, 4) is 0 Å². The van der Waals surface area contributed by atoms with Crippen molar-refractivity contribution in [2.24, 2.45) is 0 Å². The molecule has 3 amide bonds. The molecule has 2 aliphatic heterocycles. The number of benzene rings is 1. The molecule has 2 aliphatic rings. The second kappa shape index (κ2) is 6.99. The normalized spacial score (nSPS) is 18.4. The summed E-state index contributed by atoms with van der Waals surface area (Å²) >= 11 is 6.26. The van der Waals surface area contributed by atoms with E-state index in [0.717, 1.165) is 0 Å². The second-order valence-corrected chi connectivity index (χ2v) is 6.39. The predicted molar refractivity (Wildman–Crippen MR) is 90.9 cm³/mol. The lowest BCUT2D eigenvalue weighted by Gasteiger charge is -2.25. The first-order chi connectivity index (χ1) is 11.9. The molecule has 25 heavy (non-hydrogen) atoms. The van der Waals surface area contributed by atoms with Crippen molar-refractivity contribution in [3.05, 3.63) is 27.9 Å². The number of hydrogen-bond acceptors (Lipinski definition) is 5. The summed E-state index contributed by atoms with van der Waals surface area (Å²) in [6, 6.07) is 3.18. The number of morpholine rings is 1. The van der Waals surface area contributed by atoms with Gasteiger partial charge in [-0.2, -0.15) is 0 Å². The third-order valence-corrected chi connectivity index (χ3v) is 4.64. The SMILES string of the molecule is C[N+]1=c2cc(Cl)c(NC(=O)CN3CCOCC3)cc2=[N+](C)C(=O)C1=O. The van der Waals surface area contributed by atoms with Crippen molar-refractivity contribution in [2.45, 2.75) is 0 Å². The fourth-order valence-corrected chi connectivity index (χ4v) is 3.05. The van der Waals surface area contributed by atoms with Gasteiger partial charge in [0.2, 0.25) is 5.91 Å². The first kappa shape index (κ1) is 17.7. The van der Waals surface area contributed by atoms with E-state index in [4.69, 9.17) is 16.3 Å². The molecule has 1 saturated heterocycles. The Balaban J connectivity index is 1.90. The van der Waals surface area contributed by atoms with E-state index in [9.17, 15) is 14.4 Å². The smallest absolute Gasteiger partial charge is 0.379 e. The Kier molecular flexibility index (Phi) is 4.94. The molecular formula is C16H19ClN4O4+2. The average Bonchev–Trinajstić information content (AvgIpc) is 2.60. The number of carbonyl (C=O) groups excluding carboxylic acids is 3. The van der Waals surface area contributed by atoms with Gasteiger partial charge in [0.15, 0.2) is 0 Å². The Labute approximate surface area is 148 Å². The van der Waals surface area contributed by atoms with E-state index in [1.807, 2.05) is 4.90 Å². The molecule has 132 valence electrons. The standard InChI is InChI=1S/C16H18ClN4O4/c1-19-12-7-10(17)11(8-13(12)20(2)16(24)15(19)23)18-14(22)9-21-3-5-25-6-4-21/h7-8H,3-6,9H2,1-2H3/q+1/p+1. The predicted octanol–water partition coefficient (Wildman–Crippen LogP) is -2.08. The fraction of sp³-hybridized carbons (Fsp3) is 0.438. The molecule has 1 fully saturated rings. The molecule has 8 nitrogen and oxygen atoms in total. The number of likely N-dealkylation sites (N-methyl/N-ethyl adjacent to an activating group) is 2. The Morgan fingerprint density at radius 2 is 1.72 bits per heavy atom. The van der Waals surface area contributed by atoms with E-state index in [0.29, 0.717) is 47.7 Å². The van der Waals surface area contributed by atoms with Gasteiger partial charge in [-0.25, -0.2) is 9.59 Å². The number of anilines is 1. The van der Waals surface area contributed by atoms with Crippen LogP contribution < -0.4 is 25.2 Å². The highest BCUT2D eigenvalue weighted by Gasteiger charge is 2.39. The zero-order valence-electron chi connectivity index (χ0n) is 14.0. The number of carbonyl (C=O) groups is 3. The first-order valence-corrected chi connectivity index (χ1v) is 8.25. The molecule has 0 aromatic heterocycles. The Hall–Kier alpha value is -2.16. The molecule has 1 aromatic carbocycles. The number of amides is 3. The minimum Gasteiger partial charge on any atom is -0.379 e. The maximum absolute atomic E-state index is 12.3. The van der Waals surface area contributed by atoms with E-state index in [1.54, 1.807) is 12.1 Å². The Morgan fingerprint density at radius 3 is 2.32 bits per heavy atom. The van der Waals surface area contributed by atoms with Crippen LogP contribution in [0.5, 0.6) is 0 Å². The third-order valence-electron chi connectivity index (χ3n) is 4.32. The van der Waals surface area contributed by atoms with Gasteiger partial charge in [-0.05, 0) is 0 Å². The van der Waals surface area contributed by atoms with Gasteiger partial charge < -0.3 is 10.1 Å². The van der Waals surface area contributed by atoms with Crippen LogP contribution in [0.4, 0.5) is 5.69 Å². The number of nitrogens with zero attached hydrogens (tertiary/aromatic N) is 3. The van der Waals surface area contributed by atoms with Crippen LogP contribution in [0.1, 0.15) is 0 Å². The minimum atomic E-state index is -0.636. The van der Waals surface area contributed by atoms with Crippen LogP contribution in [0.3, 0.4) is 0 Å². The molecule has 0 bridgehead atoms. The summed E-state index contributed by atoms with van der Waals surface area (Å²) < 4.78 is 7.77.